The normalized spacial score (nSPS) is 21.1. The third kappa shape index (κ3) is 4.54. The molecule has 2 heterocycles. The van der Waals surface area contributed by atoms with Crippen molar-refractivity contribution in [2.75, 3.05) is 19.6 Å². The number of hydrogen-bond donors (Lipinski definition) is 0. The van der Waals surface area contributed by atoms with Crippen molar-refractivity contribution in [3.63, 3.8) is 0 Å². The van der Waals surface area contributed by atoms with Gasteiger partial charge in [0.25, 0.3) is 0 Å². The molecule has 4 rings (SSSR count). The third-order valence-electron chi connectivity index (χ3n) is 6.32. The van der Waals surface area contributed by atoms with Crippen molar-refractivity contribution in [1.29, 1.82) is 0 Å². The van der Waals surface area contributed by atoms with Gasteiger partial charge in [-0.05, 0) is 49.4 Å². The minimum Gasteiger partial charge on any atom is -0.335 e. The van der Waals surface area contributed by atoms with Crippen LogP contribution in [0.3, 0.4) is 0 Å². The Morgan fingerprint density at radius 1 is 0.906 bits per heavy atom. The fourth-order valence-corrected chi connectivity index (χ4v) is 6.13. The van der Waals surface area contributed by atoms with Gasteiger partial charge in [0.05, 0.1) is 16.5 Å². The lowest BCUT2D eigenvalue weighted by atomic mass is 9.95. The summed E-state index contributed by atoms with van der Waals surface area (Å²) < 4.78 is 66.0. The maximum Gasteiger partial charge on any atom is 0.416 e. The van der Waals surface area contributed by atoms with Crippen molar-refractivity contribution >= 4 is 15.9 Å². The highest BCUT2D eigenvalue weighted by molar-refractivity contribution is 7.89. The first-order chi connectivity index (χ1) is 15.2. The molecule has 172 valence electrons. The Bertz CT molecular complexity index is 1070. The van der Waals surface area contributed by atoms with E-state index in [1.807, 2.05) is 35.2 Å². The van der Waals surface area contributed by atoms with Crippen LogP contribution < -0.4 is 0 Å². The lowest BCUT2D eigenvalue weighted by Gasteiger charge is -2.34. The molecule has 0 spiro atoms. The van der Waals surface area contributed by atoms with E-state index in [2.05, 4.69) is 0 Å². The zero-order valence-electron chi connectivity index (χ0n) is 17.5. The van der Waals surface area contributed by atoms with E-state index in [1.54, 1.807) is 0 Å². The number of hydrogen-bond acceptors (Lipinski definition) is 3. The molecular weight excluding hydrogens is 441 g/mol. The fourth-order valence-electron chi connectivity index (χ4n) is 4.61. The first-order valence-corrected chi connectivity index (χ1v) is 12.1. The van der Waals surface area contributed by atoms with Gasteiger partial charge >= 0.3 is 6.18 Å². The predicted octanol–water partition coefficient (Wildman–Crippen LogP) is 4.47. The van der Waals surface area contributed by atoms with Crippen LogP contribution in [0.15, 0.2) is 59.5 Å². The van der Waals surface area contributed by atoms with E-state index in [9.17, 15) is 26.4 Å². The topological polar surface area (TPSA) is 57.7 Å². The van der Waals surface area contributed by atoms with Gasteiger partial charge in [-0.3, -0.25) is 4.79 Å². The largest absolute Gasteiger partial charge is 0.416 e. The number of sulfonamides is 1. The van der Waals surface area contributed by atoms with Crippen molar-refractivity contribution in [2.45, 2.75) is 42.8 Å². The Labute approximate surface area is 185 Å². The molecule has 0 N–H and O–H groups in total. The zero-order chi connectivity index (χ0) is 22.9. The molecule has 0 unspecified atom stereocenters. The zero-order valence-corrected chi connectivity index (χ0v) is 18.3. The number of likely N-dealkylation sites (tertiary alicyclic amines) is 1. The van der Waals surface area contributed by atoms with E-state index in [4.69, 9.17) is 0 Å². The molecule has 2 aromatic carbocycles. The van der Waals surface area contributed by atoms with Crippen LogP contribution in [0.2, 0.25) is 0 Å². The van der Waals surface area contributed by atoms with E-state index in [0.29, 0.717) is 25.5 Å². The van der Waals surface area contributed by atoms with Crippen LogP contribution in [0.1, 0.15) is 42.9 Å². The molecule has 1 amide bonds. The number of amides is 1. The van der Waals surface area contributed by atoms with Gasteiger partial charge in [-0.1, -0.05) is 36.4 Å². The van der Waals surface area contributed by atoms with Gasteiger partial charge in [0, 0.05) is 25.6 Å². The predicted molar refractivity (Wildman–Crippen MR) is 113 cm³/mol. The quantitative estimate of drug-likeness (QED) is 0.668. The summed E-state index contributed by atoms with van der Waals surface area (Å²) in [5, 5.41) is 0. The summed E-state index contributed by atoms with van der Waals surface area (Å²) in [7, 11) is -4.06. The molecule has 0 aromatic heterocycles. The van der Waals surface area contributed by atoms with E-state index in [1.165, 1.54) is 10.4 Å². The van der Waals surface area contributed by atoms with Crippen LogP contribution in [0.25, 0.3) is 0 Å². The molecule has 2 aliphatic rings. The molecular formula is C23H25F3N2O3S. The highest BCUT2D eigenvalue weighted by Crippen LogP contribution is 2.36. The first kappa shape index (κ1) is 22.8. The summed E-state index contributed by atoms with van der Waals surface area (Å²) in [4.78, 5) is 14.7. The Kier molecular flexibility index (Phi) is 6.31. The van der Waals surface area contributed by atoms with E-state index < -0.39 is 21.8 Å². The fraction of sp³-hybridized carbons (Fsp3) is 0.435. The smallest absolute Gasteiger partial charge is 0.335 e. The molecule has 9 heteroatoms. The first-order valence-electron chi connectivity index (χ1n) is 10.7. The van der Waals surface area contributed by atoms with Gasteiger partial charge in [-0.25, -0.2) is 8.42 Å². The molecule has 0 bridgehead atoms. The van der Waals surface area contributed by atoms with Crippen molar-refractivity contribution in [3.8, 4) is 0 Å². The summed E-state index contributed by atoms with van der Waals surface area (Å²) in [5.41, 5.74) is 0.104. The number of rotatable bonds is 4. The monoisotopic (exact) mass is 466 g/mol. The van der Waals surface area contributed by atoms with Gasteiger partial charge in [-0.15, -0.1) is 0 Å². The molecule has 5 nitrogen and oxygen atoms in total. The average molecular weight is 467 g/mol. The number of piperidine rings is 1. The number of nitrogens with zero attached hydrogens (tertiary/aromatic N) is 2. The highest BCUT2D eigenvalue weighted by atomic mass is 32.2. The second kappa shape index (κ2) is 8.86. The summed E-state index contributed by atoms with van der Waals surface area (Å²) in [6.07, 6.45) is -2.08. The van der Waals surface area contributed by atoms with Gasteiger partial charge in [0.2, 0.25) is 15.9 Å². The van der Waals surface area contributed by atoms with Crippen LogP contribution in [-0.4, -0.2) is 43.2 Å². The Morgan fingerprint density at radius 2 is 1.59 bits per heavy atom. The van der Waals surface area contributed by atoms with Crippen molar-refractivity contribution < 1.29 is 26.4 Å². The molecule has 2 aliphatic heterocycles. The number of alkyl halides is 3. The lowest BCUT2D eigenvalue weighted by Crippen LogP contribution is -2.44. The maximum absolute atomic E-state index is 13.2. The molecule has 1 atom stereocenters. The summed E-state index contributed by atoms with van der Waals surface area (Å²) in [6.45, 7) is 0.902. The van der Waals surface area contributed by atoms with Crippen LogP contribution in [0.4, 0.5) is 13.2 Å². The minimum atomic E-state index is -4.62. The summed E-state index contributed by atoms with van der Waals surface area (Å²) in [6, 6.07) is 13.7. The van der Waals surface area contributed by atoms with Crippen molar-refractivity contribution in [3.05, 3.63) is 65.7 Å². The molecule has 0 saturated carbocycles. The average Bonchev–Trinajstić information content (AvgIpc) is 3.29. The Hall–Kier alpha value is -2.39. The van der Waals surface area contributed by atoms with Crippen molar-refractivity contribution in [1.82, 2.24) is 9.21 Å². The molecule has 0 aliphatic carbocycles. The SMILES string of the molecule is O=C(C1CCN(S(=O)(=O)c2cccc(C(F)(F)F)c2)CC1)N1CCC[C@@H]1c1ccccc1. The second-order valence-corrected chi connectivity index (χ2v) is 10.2. The van der Waals surface area contributed by atoms with Gasteiger partial charge in [-0.2, -0.15) is 17.5 Å². The van der Waals surface area contributed by atoms with E-state index in [0.717, 1.165) is 30.5 Å². The molecule has 0 radical (unpaired) electrons. The summed E-state index contributed by atoms with van der Waals surface area (Å²) in [5.74, 6) is -0.250. The van der Waals surface area contributed by atoms with Gasteiger partial charge in [0.1, 0.15) is 0 Å². The molecule has 32 heavy (non-hydrogen) atoms. The number of carbonyl (C=O) groups excluding carboxylic acids is 1. The second-order valence-electron chi connectivity index (χ2n) is 8.30. The lowest BCUT2D eigenvalue weighted by molar-refractivity contribution is -0.138. The van der Waals surface area contributed by atoms with Crippen molar-refractivity contribution in [2.24, 2.45) is 5.92 Å². The molecule has 2 aromatic rings. The van der Waals surface area contributed by atoms with E-state index >= 15 is 0 Å². The molecule has 2 saturated heterocycles. The van der Waals surface area contributed by atoms with Gasteiger partial charge in [0.15, 0.2) is 0 Å². The van der Waals surface area contributed by atoms with Crippen LogP contribution in [0, 0.1) is 5.92 Å². The van der Waals surface area contributed by atoms with Crippen LogP contribution >= 0.6 is 0 Å². The van der Waals surface area contributed by atoms with Crippen LogP contribution in [-0.2, 0) is 21.0 Å². The molecule has 2 fully saturated rings. The number of benzene rings is 2. The Morgan fingerprint density at radius 3 is 2.25 bits per heavy atom. The van der Waals surface area contributed by atoms with Gasteiger partial charge < -0.3 is 4.90 Å². The van der Waals surface area contributed by atoms with Crippen LogP contribution in [0.5, 0.6) is 0 Å². The number of carbonyl (C=O) groups is 1. The number of halogens is 3. The highest BCUT2D eigenvalue weighted by Gasteiger charge is 2.38. The summed E-state index contributed by atoms with van der Waals surface area (Å²) >= 11 is 0. The minimum absolute atomic E-state index is 0.0347. The Balaban J connectivity index is 1.43. The standard InChI is InChI=1S/C23H25F3N2O3S/c24-23(25,26)19-8-4-9-20(16-19)32(30,31)27-14-11-18(12-15-27)22(29)28-13-5-10-21(28)17-6-2-1-3-7-17/h1-4,6-9,16,18,21H,5,10-15H2/t21-/m1/s1. The maximum atomic E-state index is 13.2. The van der Waals surface area contributed by atoms with E-state index in [-0.39, 0.29) is 35.9 Å². The third-order valence-corrected chi connectivity index (χ3v) is 8.22.